The normalized spacial score (nSPS) is 21.4. The number of benzene rings is 1. The summed E-state index contributed by atoms with van der Waals surface area (Å²) >= 11 is 0. The van der Waals surface area contributed by atoms with Gasteiger partial charge in [-0.1, -0.05) is 43.5 Å². The van der Waals surface area contributed by atoms with Gasteiger partial charge in [0.05, 0.1) is 6.54 Å². The highest BCUT2D eigenvalue weighted by Gasteiger charge is 2.31. The number of aromatic nitrogens is 1. The van der Waals surface area contributed by atoms with E-state index in [-0.39, 0.29) is 11.9 Å². The number of pyridine rings is 1. The number of nitrogens with zero attached hydrogens (tertiary/aromatic N) is 3. The summed E-state index contributed by atoms with van der Waals surface area (Å²) in [6, 6.07) is 14.8. The van der Waals surface area contributed by atoms with E-state index < -0.39 is 0 Å². The third kappa shape index (κ3) is 4.42. The Hall–Kier alpha value is -2.24. The van der Waals surface area contributed by atoms with E-state index in [1.165, 1.54) is 24.8 Å². The van der Waals surface area contributed by atoms with Crippen molar-refractivity contribution in [2.75, 3.05) is 31.1 Å². The molecule has 1 N–H and O–H groups in total. The summed E-state index contributed by atoms with van der Waals surface area (Å²) in [7, 11) is 0. The van der Waals surface area contributed by atoms with Crippen molar-refractivity contribution >= 4 is 11.6 Å². The first kappa shape index (κ1) is 19.1. The Morgan fingerprint density at radius 2 is 1.93 bits per heavy atom. The molecule has 2 fully saturated rings. The van der Waals surface area contributed by atoms with Crippen LogP contribution in [0.1, 0.15) is 43.7 Å². The van der Waals surface area contributed by atoms with E-state index in [0.717, 1.165) is 38.2 Å². The van der Waals surface area contributed by atoms with Crippen molar-refractivity contribution in [1.29, 1.82) is 0 Å². The molecule has 148 valence electrons. The van der Waals surface area contributed by atoms with Crippen molar-refractivity contribution in [3.8, 4) is 0 Å². The van der Waals surface area contributed by atoms with Crippen LogP contribution in [0.15, 0.2) is 54.9 Å². The van der Waals surface area contributed by atoms with E-state index in [4.69, 9.17) is 0 Å². The second-order valence-electron chi connectivity index (χ2n) is 7.87. The molecule has 2 heterocycles. The Bertz CT molecular complexity index is 746. The van der Waals surface area contributed by atoms with Gasteiger partial charge in [0.25, 0.3) is 0 Å². The van der Waals surface area contributed by atoms with Crippen LogP contribution in [0.4, 0.5) is 5.69 Å². The lowest BCUT2D eigenvalue weighted by molar-refractivity contribution is -0.121. The van der Waals surface area contributed by atoms with Gasteiger partial charge in [-0.15, -0.1) is 0 Å². The van der Waals surface area contributed by atoms with Crippen molar-refractivity contribution < 1.29 is 4.79 Å². The van der Waals surface area contributed by atoms with Crippen LogP contribution in [0, 0.1) is 0 Å². The smallest absolute Gasteiger partial charge is 0.241 e. The Balaban J connectivity index is 1.54. The molecule has 2 aromatic rings. The first-order valence-electron chi connectivity index (χ1n) is 10.5. The summed E-state index contributed by atoms with van der Waals surface area (Å²) in [4.78, 5) is 22.2. The first-order chi connectivity index (χ1) is 13.8. The molecular weight excluding hydrogens is 348 g/mol. The maximum Gasteiger partial charge on any atom is 0.241 e. The van der Waals surface area contributed by atoms with Crippen LogP contribution in [0.2, 0.25) is 0 Å². The number of hydrogen-bond acceptors (Lipinski definition) is 4. The van der Waals surface area contributed by atoms with Crippen molar-refractivity contribution in [3.05, 3.63) is 60.4 Å². The molecule has 1 aliphatic heterocycles. The van der Waals surface area contributed by atoms with E-state index in [0.29, 0.717) is 12.6 Å². The molecule has 1 aromatic carbocycles. The molecule has 2 aliphatic rings. The Morgan fingerprint density at radius 1 is 1.11 bits per heavy atom. The summed E-state index contributed by atoms with van der Waals surface area (Å²) in [6.07, 6.45) is 9.65. The van der Waals surface area contributed by atoms with Gasteiger partial charge < -0.3 is 10.2 Å². The van der Waals surface area contributed by atoms with Gasteiger partial charge in [0.2, 0.25) is 5.91 Å². The molecule has 0 radical (unpaired) electrons. The predicted octanol–water partition coefficient (Wildman–Crippen LogP) is 3.39. The topological polar surface area (TPSA) is 48.5 Å². The maximum atomic E-state index is 13.5. The Labute approximate surface area is 167 Å². The average molecular weight is 379 g/mol. The van der Waals surface area contributed by atoms with Crippen LogP contribution in [0.3, 0.4) is 0 Å². The van der Waals surface area contributed by atoms with Gasteiger partial charge in [-0.05, 0) is 36.6 Å². The minimum atomic E-state index is 0.190. The lowest BCUT2D eigenvalue weighted by Gasteiger charge is -2.39. The van der Waals surface area contributed by atoms with Gasteiger partial charge in [0, 0.05) is 49.8 Å². The number of amides is 1. The van der Waals surface area contributed by atoms with Gasteiger partial charge in [0.1, 0.15) is 0 Å². The van der Waals surface area contributed by atoms with E-state index in [9.17, 15) is 4.79 Å². The fraction of sp³-hybridized carbons (Fsp3) is 0.478. The number of carbonyl (C=O) groups excluding carboxylic acids is 1. The lowest BCUT2D eigenvalue weighted by atomic mass is 9.93. The van der Waals surface area contributed by atoms with Crippen molar-refractivity contribution in [3.63, 3.8) is 0 Å². The minimum Gasteiger partial charge on any atom is -0.314 e. The van der Waals surface area contributed by atoms with Crippen LogP contribution < -0.4 is 10.2 Å². The number of anilines is 1. The van der Waals surface area contributed by atoms with Gasteiger partial charge in [-0.2, -0.15) is 0 Å². The number of rotatable bonds is 5. The third-order valence-electron chi connectivity index (χ3n) is 6.00. The standard InChI is InChI=1S/C23H30N4O/c28-23(18-26-15-14-25-17-22(26)19-8-7-13-24-16-19)27(20-9-3-1-4-10-20)21-11-5-2-6-12-21/h1,3-4,7-10,13,16,21-22,25H,2,5-6,11-12,14-15,17-18H2. The zero-order valence-electron chi connectivity index (χ0n) is 16.5. The summed E-state index contributed by atoms with van der Waals surface area (Å²) in [5.41, 5.74) is 2.21. The molecule has 1 saturated carbocycles. The van der Waals surface area contributed by atoms with Crippen LogP contribution in [-0.4, -0.2) is 48.0 Å². The van der Waals surface area contributed by atoms with Gasteiger partial charge in [0.15, 0.2) is 0 Å². The number of carbonyl (C=O) groups is 1. The molecule has 1 saturated heterocycles. The molecule has 28 heavy (non-hydrogen) atoms. The second-order valence-corrected chi connectivity index (χ2v) is 7.87. The number of para-hydroxylation sites is 1. The summed E-state index contributed by atoms with van der Waals surface area (Å²) < 4.78 is 0. The largest absolute Gasteiger partial charge is 0.314 e. The molecule has 1 aliphatic carbocycles. The van der Waals surface area contributed by atoms with Crippen molar-refractivity contribution in [2.45, 2.75) is 44.2 Å². The second kappa shape index (κ2) is 9.30. The zero-order valence-corrected chi connectivity index (χ0v) is 16.5. The van der Waals surface area contributed by atoms with Crippen LogP contribution >= 0.6 is 0 Å². The fourth-order valence-electron chi connectivity index (χ4n) is 4.57. The van der Waals surface area contributed by atoms with Gasteiger partial charge in [-0.25, -0.2) is 0 Å². The molecule has 5 heteroatoms. The predicted molar refractivity (Wildman–Crippen MR) is 112 cm³/mol. The highest BCUT2D eigenvalue weighted by Crippen LogP contribution is 2.29. The first-order valence-corrected chi connectivity index (χ1v) is 10.5. The summed E-state index contributed by atoms with van der Waals surface area (Å²) in [5.74, 6) is 0.217. The van der Waals surface area contributed by atoms with Crippen molar-refractivity contribution in [1.82, 2.24) is 15.2 Å². The molecule has 1 aromatic heterocycles. The molecule has 0 spiro atoms. The molecular formula is C23H30N4O. The SMILES string of the molecule is O=C(CN1CCNCC1c1cccnc1)N(c1ccccc1)C1CCCCC1. The maximum absolute atomic E-state index is 13.5. The van der Waals surface area contributed by atoms with E-state index >= 15 is 0 Å². The van der Waals surface area contributed by atoms with Crippen LogP contribution in [0.25, 0.3) is 0 Å². The highest BCUT2D eigenvalue weighted by atomic mass is 16.2. The number of hydrogen-bond donors (Lipinski definition) is 1. The minimum absolute atomic E-state index is 0.190. The van der Waals surface area contributed by atoms with Crippen molar-refractivity contribution in [2.24, 2.45) is 0 Å². The monoisotopic (exact) mass is 378 g/mol. The van der Waals surface area contributed by atoms with Gasteiger partial charge >= 0.3 is 0 Å². The van der Waals surface area contributed by atoms with Gasteiger partial charge in [-0.3, -0.25) is 14.7 Å². The van der Waals surface area contributed by atoms with E-state index in [1.807, 2.05) is 30.5 Å². The molecule has 4 rings (SSSR count). The molecule has 0 bridgehead atoms. The van der Waals surface area contributed by atoms with E-state index in [1.54, 1.807) is 6.20 Å². The highest BCUT2D eigenvalue weighted by molar-refractivity contribution is 5.95. The lowest BCUT2D eigenvalue weighted by Crippen LogP contribution is -2.52. The zero-order chi connectivity index (χ0) is 19.2. The molecule has 1 unspecified atom stereocenters. The average Bonchev–Trinajstić information content (AvgIpc) is 2.76. The molecule has 1 atom stereocenters. The number of piperazine rings is 1. The Kier molecular flexibility index (Phi) is 6.34. The van der Waals surface area contributed by atoms with Crippen LogP contribution in [-0.2, 0) is 4.79 Å². The summed E-state index contributed by atoms with van der Waals surface area (Å²) in [6.45, 7) is 3.10. The quantitative estimate of drug-likeness (QED) is 0.866. The molecule has 5 nitrogen and oxygen atoms in total. The number of nitrogens with one attached hydrogen (secondary N) is 1. The van der Waals surface area contributed by atoms with E-state index in [2.05, 4.69) is 38.3 Å². The third-order valence-corrected chi connectivity index (χ3v) is 6.00. The Morgan fingerprint density at radius 3 is 2.68 bits per heavy atom. The van der Waals surface area contributed by atoms with Crippen LogP contribution in [0.5, 0.6) is 0 Å². The fourth-order valence-corrected chi connectivity index (χ4v) is 4.57. The molecule has 1 amide bonds. The summed E-state index contributed by atoms with van der Waals surface area (Å²) in [5, 5.41) is 3.47.